The maximum atomic E-state index is 13.1. The minimum atomic E-state index is -1.31. The number of aliphatic carboxylic acids is 2. The van der Waals surface area contributed by atoms with Crippen molar-refractivity contribution in [3.63, 3.8) is 0 Å². The van der Waals surface area contributed by atoms with Crippen LogP contribution in [0.25, 0.3) is 0 Å². The van der Waals surface area contributed by atoms with Gasteiger partial charge in [-0.15, -0.1) is 0 Å². The second kappa shape index (κ2) is 13.5. The molecular weight excluding hydrogens is 450 g/mol. The number of carboxylic acid groups (broad SMARTS) is 2. The van der Waals surface area contributed by atoms with E-state index in [4.69, 9.17) is 16.6 Å². The van der Waals surface area contributed by atoms with Gasteiger partial charge in [-0.1, -0.05) is 13.8 Å². The second-order valence-corrected chi connectivity index (χ2v) is 8.82. The molecule has 0 aromatic carbocycles. The first kappa shape index (κ1) is 28.8. The van der Waals surface area contributed by atoms with E-state index in [0.29, 0.717) is 12.8 Å². The van der Waals surface area contributed by atoms with E-state index < -0.39 is 66.2 Å². The number of nitrogens with one attached hydrogen (secondary N) is 2. The van der Waals surface area contributed by atoms with Gasteiger partial charge in [-0.3, -0.25) is 24.0 Å². The number of hydrogen-bond donors (Lipinski definition) is 6. The van der Waals surface area contributed by atoms with Crippen molar-refractivity contribution >= 4 is 35.6 Å². The summed E-state index contributed by atoms with van der Waals surface area (Å²) in [6, 6.07) is -4.49. The molecule has 0 bridgehead atoms. The molecular formula is C21H35N5O8. The highest BCUT2D eigenvalue weighted by molar-refractivity contribution is 5.94. The van der Waals surface area contributed by atoms with E-state index in [1.165, 1.54) is 4.90 Å². The average Bonchev–Trinajstić information content (AvgIpc) is 3.23. The fourth-order valence-electron chi connectivity index (χ4n) is 3.70. The zero-order chi connectivity index (χ0) is 26.0. The Morgan fingerprint density at radius 3 is 2.12 bits per heavy atom. The number of rotatable bonds is 14. The molecule has 0 aromatic heterocycles. The van der Waals surface area contributed by atoms with Crippen LogP contribution in [0.1, 0.15) is 58.8 Å². The monoisotopic (exact) mass is 485 g/mol. The van der Waals surface area contributed by atoms with Crippen molar-refractivity contribution < 1.29 is 39.0 Å². The van der Waals surface area contributed by atoms with E-state index in [0.717, 1.165) is 0 Å². The van der Waals surface area contributed by atoms with E-state index >= 15 is 0 Å². The third kappa shape index (κ3) is 9.33. The number of likely N-dealkylation sites (tertiary alicyclic amines) is 1. The molecule has 8 N–H and O–H groups in total. The van der Waals surface area contributed by atoms with Crippen LogP contribution in [-0.2, 0) is 28.8 Å². The molecule has 34 heavy (non-hydrogen) atoms. The molecule has 1 rings (SSSR count). The number of primary amides is 1. The van der Waals surface area contributed by atoms with E-state index in [2.05, 4.69) is 10.6 Å². The van der Waals surface area contributed by atoms with E-state index in [1.54, 1.807) is 0 Å². The molecule has 1 fully saturated rings. The number of carbonyl (C=O) groups is 6. The van der Waals surface area contributed by atoms with Gasteiger partial charge < -0.3 is 37.2 Å². The summed E-state index contributed by atoms with van der Waals surface area (Å²) in [5.74, 6) is -5.12. The van der Waals surface area contributed by atoms with Gasteiger partial charge in [0.25, 0.3) is 0 Å². The quantitative estimate of drug-likeness (QED) is 0.169. The lowest BCUT2D eigenvalue weighted by atomic mass is 10.0. The Labute approximate surface area is 197 Å². The SMILES string of the molecule is CC(C)CC(NC(=O)C(CCC(=O)O)NC(=O)C(N)CCC(N)=O)C(=O)N1CCCC1C(=O)O. The lowest BCUT2D eigenvalue weighted by Gasteiger charge is -2.29. The number of carbonyl (C=O) groups excluding carboxylic acids is 4. The van der Waals surface area contributed by atoms with Gasteiger partial charge in [-0.2, -0.15) is 0 Å². The van der Waals surface area contributed by atoms with Crippen LogP contribution in [0.15, 0.2) is 0 Å². The number of nitrogens with two attached hydrogens (primary N) is 2. The zero-order valence-electron chi connectivity index (χ0n) is 19.5. The lowest BCUT2D eigenvalue weighted by molar-refractivity contribution is -0.149. The van der Waals surface area contributed by atoms with Crippen molar-refractivity contribution in [2.45, 2.75) is 83.0 Å². The first-order valence-corrected chi connectivity index (χ1v) is 11.2. The average molecular weight is 486 g/mol. The van der Waals surface area contributed by atoms with E-state index in [-0.39, 0.29) is 38.1 Å². The summed E-state index contributed by atoms with van der Waals surface area (Å²) in [5.41, 5.74) is 10.8. The fraction of sp³-hybridized carbons (Fsp3) is 0.714. The molecule has 1 saturated heterocycles. The summed E-state index contributed by atoms with van der Waals surface area (Å²) in [4.78, 5) is 73.1. The summed E-state index contributed by atoms with van der Waals surface area (Å²) in [5, 5.41) is 23.3. The molecule has 4 atom stereocenters. The summed E-state index contributed by atoms with van der Waals surface area (Å²) in [6.45, 7) is 3.90. The zero-order valence-corrected chi connectivity index (χ0v) is 19.5. The normalized spacial score (nSPS) is 18.1. The van der Waals surface area contributed by atoms with Crippen LogP contribution < -0.4 is 22.1 Å². The lowest BCUT2D eigenvalue weighted by Crippen LogP contribution is -2.57. The van der Waals surface area contributed by atoms with Gasteiger partial charge in [0.1, 0.15) is 18.1 Å². The molecule has 0 aliphatic carbocycles. The van der Waals surface area contributed by atoms with Crippen molar-refractivity contribution in [3.05, 3.63) is 0 Å². The number of carboxylic acids is 2. The molecule has 13 heteroatoms. The van der Waals surface area contributed by atoms with E-state index in [9.17, 15) is 33.9 Å². The van der Waals surface area contributed by atoms with Gasteiger partial charge in [0.05, 0.1) is 6.04 Å². The molecule has 0 spiro atoms. The standard InChI is InChI=1S/C21H35N5O8/c1-11(2)10-14(20(32)26-9-3-4-15(26)21(33)34)25-19(31)13(6-8-17(28)29)24-18(30)12(22)5-7-16(23)27/h11-15H,3-10,22H2,1-2H3,(H2,23,27)(H,24,30)(H,25,31)(H,28,29)(H,33,34). The van der Waals surface area contributed by atoms with E-state index in [1.807, 2.05) is 13.8 Å². The largest absolute Gasteiger partial charge is 0.481 e. The molecule has 1 aliphatic rings. The number of amides is 4. The van der Waals surface area contributed by atoms with Crippen molar-refractivity contribution in [2.24, 2.45) is 17.4 Å². The van der Waals surface area contributed by atoms with Crippen molar-refractivity contribution in [1.82, 2.24) is 15.5 Å². The Balaban J connectivity index is 2.99. The fourth-order valence-corrected chi connectivity index (χ4v) is 3.70. The van der Waals surface area contributed by atoms with Crippen LogP contribution >= 0.6 is 0 Å². The first-order valence-electron chi connectivity index (χ1n) is 11.2. The van der Waals surface area contributed by atoms with Gasteiger partial charge in [0.15, 0.2) is 0 Å². The van der Waals surface area contributed by atoms with Crippen LogP contribution in [0.4, 0.5) is 0 Å². The molecule has 1 heterocycles. The Bertz CT molecular complexity index is 787. The summed E-state index contributed by atoms with van der Waals surface area (Å²) in [7, 11) is 0. The topological polar surface area (TPSA) is 222 Å². The minimum Gasteiger partial charge on any atom is -0.481 e. The highest BCUT2D eigenvalue weighted by Gasteiger charge is 2.38. The second-order valence-electron chi connectivity index (χ2n) is 8.82. The van der Waals surface area contributed by atoms with Crippen LogP contribution in [0, 0.1) is 5.92 Å². The third-order valence-corrected chi connectivity index (χ3v) is 5.46. The van der Waals surface area contributed by atoms with Gasteiger partial charge >= 0.3 is 11.9 Å². The molecule has 192 valence electrons. The summed E-state index contributed by atoms with van der Waals surface area (Å²) < 4.78 is 0. The highest BCUT2D eigenvalue weighted by Crippen LogP contribution is 2.20. The summed E-state index contributed by atoms with van der Waals surface area (Å²) >= 11 is 0. The van der Waals surface area contributed by atoms with Gasteiger partial charge in [-0.25, -0.2) is 4.79 Å². The Kier molecular flexibility index (Phi) is 11.4. The molecule has 0 radical (unpaired) electrons. The maximum absolute atomic E-state index is 13.1. The minimum absolute atomic E-state index is 0.0330. The van der Waals surface area contributed by atoms with Crippen LogP contribution in [0.2, 0.25) is 0 Å². The molecule has 4 amide bonds. The predicted molar refractivity (Wildman–Crippen MR) is 119 cm³/mol. The van der Waals surface area contributed by atoms with Gasteiger partial charge in [0.2, 0.25) is 23.6 Å². The maximum Gasteiger partial charge on any atom is 0.326 e. The number of hydrogen-bond acceptors (Lipinski definition) is 7. The smallest absolute Gasteiger partial charge is 0.326 e. The number of nitrogens with zero attached hydrogens (tertiary/aromatic N) is 1. The van der Waals surface area contributed by atoms with Crippen LogP contribution in [-0.4, -0.2) is 81.4 Å². The molecule has 0 aromatic rings. The van der Waals surface area contributed by atoms with Gasteiger partial charge in [-0.05, 0) is 38.0 Å². The Morgan fingerprint density at radius 1 is 0.971 bits per heavy atom. The Morgan fingerprint density at radius 2 is 1.59 bits per heavy atom. The summed E-state index contributed by atoms with van der Waals surface area (Å²) in [6.07, 6.45) is 0.130. The van der Waals surface area contributed by atoms with Gasteiger partial charge in [0, 0.05) is 19.4 Å². The molecule has 13 nitrogen and oxygen atoms in total. The van der Waals surface area contributed by atoms with Crippen molar-refractivity contribution in [2.75, 3.05) is 6.54 Å². The highest BCUT2D eigenvalue weighted by atomic mass is 16.4. The van der Waals surface area contributed by atoms with Crippen LogP contribution in [0.3, 0.4) is 0 Å². The first-order chi connectivity index (χ1) is 15.8. The molecule has 1 aliphatic heterocycles. The van der Waals surface area contributed by atoms with Crippen molar-refractivity contribution in [1.29, 1.82) is 0 Å². The molecule has 4 unspecified atom stereocenters. The Hall–Kier alpha value is -3.22. The van der Waals surface area contributed by atoms with Crippen LogP contribution in [0.5, 0.6) is 0 Å². The predicted octanol–water partition coefficient (Wildman–Crippen LogP) is -1.46. The van der Waals surface area contributed by atoms with Crippen molar-refractivity contribution in [3.8, 4) is 0 Å². The third-order valence-electron chi connectivity index (χ3n) is 5.46. The molecule has 0 saturated carbocycles.